The molecular formula is C16H12BrFN2. The Bertz CT molecular complexity index is 753. The summed E-state index contributed by atoms with van der Waals surface area (Å²) in [5.41, 5.74) is 1.59. The van der Waals surface area contributed by atoms with Crippen LogP contribution in [0.25, 0.3) is 10.8 Å². The van der Waals surface area contributed by atoms with Crippen molar-refractivity contribution in [3.63, 3.8) is 0 Å². The highest BCUT2D eigenvalue weighted by Gasteiger charge is 2.04. The number of halogens is 2. The highest BCUT2D eigenvalue weighted by molar-refractivity contribution is 9.10. The predicted octanol–water partition coefficient (Wildman–Crippen LogP) is 4.75. The Morgan fingerprint density at radius 2 is 2.05 bits per heavy atom. The van der Waals surface area contributed by atoms with Gasteiger partial charge in [0, 0.05) is 40.0 Å². The van der Waals surface area contributed by atoms with Crippen LogP contribution in [0.15, 0.2) is 59.3 Å². The maximum atomic E-state index is 13.8. The number of rotatable bonds is 3. The summed E-state index contributed by atoms with van der Waals surface area (Å²) in [4.78, 5) is 4.14. The molecule has 0 bridgehead atoms. The lowest BCUT2D eigenvalue weighted by Gasteiger charge is -2.10. The third-order valence-corrected chi connectivity index (χ3v) is 3.66. The largest absolute Gasteiger partial charge is 0.380 e. The minimum atomic E-state index is -0.217. The van der Waals surface area contributed by atoms with Crippen molar-refractivity contribution in [2.75, 3.05) is 5.32 Å². The first kappa shape index (κ1) is 13.1. The molecule has 0 aliphatic heterocycles. The molecule has 0 spiro atoms. The number of hydrogen-bond acceptors (Lipinski definition) is 2. The second kappa shape index (κ2) is 5.59. The van der Waals surface area contributed by atoms with Gasteiger partial charge in [-0.05, 0) is 29.7 Å². The number of aromatic nitrogens is 1. The first-order valence-electron chi connectivity index (χ1n) is 6.24. The summed E-state index contributed by atoms with van der Waals surface area (Å²) in [6, 6.07) is 13.0. The normalized spacial score (nSPS) is 10.7. The van der Waals surface area contributed by atoms with Gasteiger partial charge in [-0.15, -0.1) is 0 Å². The number of anilines is 1. The fourth-order valence-corrected chi connectivity index (χ4v) is 2.46. The van der Waals surface area contributed by atoms with Crippen LogP contribution in [-0.2, 0) is 6.54 Å². The zero-order chi connectivity index (χ0) is 13.9. The molecule has 4 heteroatoms. The molecule has 1 heterocycles. The zero-order valence-electron chi connectivity index (χ0n) is 10.6. The van der Waals surface area contributed by atoms with Crippen molar-refractivity contribution in [1.82, 2.24) is 4.98 Å². The molecule has 2 aromatic carbocycles. The van der Waals surface area contributed by atoms with Gasteiger partial charge in [-0.25, -0.2) is 4.39 Å². The van der Waals surface area contributed by atoms with Crippen LogP contribution in [0.1, 0.15) is 5.56 Å². The molecule has 0 radical (unpaired) electrons. The van der Waals surface area contributed by atoms with Crippen LogP contribution >= 0.6 is 15.9 Å². The fourth-order valence-electron chi connectivity index (χ4n) is 2.12. The summed E-state index contributed by atoms with van der Waals surface area (Å²) >= 11 is 3.26. The number of hydrogen-bond donors (Lipinski definition) is 1. The Morgan fingerprint density at radius 1 is 1.15 bits per heavy atom. The molecule has 1 aromatic heterocycles. The molecule has 20 heavy (non-hydrogen) atoms. The molecule has 0 amide bonds. The Hall–Kier alpha value is -1.94. The van der Waals surface area contributed by atoms with Gasteiger partial charge in [-0.2, -0.15) is 0 Å². The van der Waals surface area contributed by atoms with Crippen LogP contribution in [0.2, 0.25) is 0 Å². The van der Waals surface area contributed by atoms with Crippen LogP contribution < -0.4 is 5.32 Å². The van der Waals surface area contributed by atoms with Crippen LogP contribution in [0, 0.1) is 5.82 Å². The molecule has 0 unspecified atom stereocenters. The van der Waals surface area contributed by atoms with Gasteiger partial charge in [0.25, 0.3) is 0 Å². The lowest BCUT2D eigenvalue weighted by Crippen LogP contribution is -2.02. The van der Waals surface area contributed by atoms with E-state index in [4.69, 9.17) is 0 Å². The predicted molar refractivity (Wildman–Crippen MR) is 83.2 cm³/mol. The highest BCUT2D eigenvalue weighted by atomic mass is 79.9. The molecule has 100 valence electrons. The Morgan fingerprint density at radius 3 is 2.90 bits per heavy atom. The molecule has 3 rings (SSSR count). The molecular weight excluding hydrogens is 319 g/mol. The number of nitrogens with one attached hydrogen (secondary N) is 1. The smallest absolute Gasteiger partial charge is 0.129 e. The van der Waals surface area contributed by atoms with Crippen molar-refractivity contribution in [3.05, 3.63) is 70.7 Å². The summed E-state index contributed by atoms with van der Waals surface area (Å²) < 4.78 is 14.5. The SMILES string of the molecule is Fc1cc(Br)ccc1CNc1cccc2ccncc12. The molecule has 0 saturated carbocycles. The van der Waals surface area contributed by atoms with E-state index in [9.17, 15) is 4.39 Å². The van der Waals surface area contributed by atoms with E-state index in [1.165, 1.54) is 6.07 Å². The molecule has 2 nitrogen and oxygen atoms in total. The minimum absolute atomic E-state index is 0.217. The second-order valence-corrected chi connectivity index (χ2v) is 5.41. The van der Waals surface area contributed by atoms with Crippen LogP contribution in [0.4, 0.5) is 10.1 Å². The van der Waals surface area contributed by atoms with E-state index in [-0.39, 0.29) is 5.82 Å². The number of pyridine rings is 1. The van der Waals surface area contributed by atoms with Gasteiger partial charge in [0.15, 0.2) is 0 Å². The van der Waals surface area contributed by atoms with E-state index in [0.29, 0.717) is 12.1 Å². The fraction of sp³-hybridized carbons (Fsp3) is 0.0625. The van der Waals surface area contributed by atoms with Gasteiger partial charge in [0.2, 0.25) is 0 Å². The molecule has 0 saturated heterocycles. The second-order valence-electron chi connectivity index (χ2n) is 4.49. The zero-order valence-corrected chi connectivity index (χ0v) is 12.2. The molecule has 3 aromatic rings. The van der Waals surface area contributed by atoms with E-state index in [2.05, 4.69) is 26.2 Å². The van der Waals surface area contributed by atoms with Gasteiger partial charge in [-0.1, -0.05) is 34.1 Å². The standard InChI is InChI=1S/C16H12BrFN2/c17-13-5-4-12(15(18)8-13)9-20-16-3-1-2-11-6-7-19-10-14(11)16/h1-8,10,20H,9H2. The lowest BCUT2D eigenvalue weighted by atomic mass is 10.1. The van der Waals surface area contributed by atoms with Crippen molar-refractivity contribution in [3.8, 4) is 0 Å². The van der Waals surface area contributed by atoms with Crippen molar-refractivity contribution in [2.24, 2.45) is 0 Å². The highest BCUT2D eigenvalue weighted by Crippen LogP contribution is 2.23. The Balaban J connectivity index is 1.87. The van der Waals surface area contributed by atoms with E-state index < -0.39 is 0 Å². The third kappa shape index (κ3) is 2.65. The molecule has 0 atom stereocenters. The molecule has 1 N–H and O–H groups in total. The third-order valence-electron chi connectivity index (χ3n) is 3.17. The van der Waals surface area contributed by atoms with Crippen LogP contribution in [-0.4, -0.2) is 4.98 Å². The lowest BCUT2D eigenvalue weighted by molar-refractivity contribution is 0.612. The maximum absolute atomic E-state index is 13.8. The summed E-state index contributed by atoms with van der Waals surface area (Å²) in [5, 5.41) is 5.42. The van der Waals surface area contributed by atoms with Crippen LogP contribution in [0.3, 0.4) is 0 Å². The molecule has 0 fully saturated rings. The Labute approximate surface area is 124 Å². The monoisotopic (exact) mass is 330 g/mol. The summed E-state index contributed by atoms with van der Waals surface area (Å²) in [6.45, 7) is 0.438. The summed E-state index contributed by atoms with van der Waals surface area (Å²) in [7, 11) is 0. The molecule has 0 aliphatic carbocycles. The van der Waals surface area contributed by atoms with Gasteiger partial charge < -0.3 is 5.32 Å². The number of nitrogens with zero attached hydrogens (tertiary/aromatic N) is 1. The minimum Gasteiger partial charge on any atom is -0.380 e. The van der Waals surface area contributed by atoms with Gasteiger partial charge in [0.1, 0.15) is 5.82 Å². The first-order valence-corrected chi connectivity index (χ1v) is 7.04. The first-order chi connectivity index (χ1) is 9.74. The van der Waals surface area contributed by atoms with E-state index in [0.717, 1.165) is 20.9 Å². The Kier molecular flexibility index (Phi) is 3.65. The quantitative estimate of drug-likeness (QED) is 0.749. The molecule has 0 aliphatic rings. The average Bonchev–Trinajstić information content (AvgIpc) is 2.46. The van der Waals surface area contributed by atoms with Crippen molar-refractivity contribution >= 4 is 32.4 Å². The van der Waals surface area contributed by atoms with E-state index >= 15 is 0 Å². The van der Waals surface area contributed by atoms with Gasteiger partial charge in [-0.3, -0.25) is 4.98 Å². The van der Waals surface area contributed by atoms with Crippen molar-refractivity contribution < 1.29 is 4.39 Å². The van der Waals surface area contributed by atoms with E-state index in [1.54, 1.807) is 12.3 Å². The van der Waals surface area contributed by atoms with Crippen LogP contribution in [0.5, 0.6) is 0 Å². The van der Waals surface area contributed by atoms with Crippen molar-refractivity contribution in [2.45, 2.75) is 6.54 Å². The van der Waals surface area contributed by atoms with Gasteiger partial charge in [0.05, 0.1) is 0 Å². The number of fused-ring (bicyclic) bond motifs is 1. The van der Waals surface area contributed by atoms with Gasteiger partial charge >= 0.3 is 0 Å². The summed E-state index contributed by atoms with van der Waals surface area (Å²) in [5.74, 6) is -0.217. The topological polar surface area (TPSA) is 24.9 Å². The maximum Gasteiger partial charge on any atom is 0.129 e. The van der Waals surface area contributed by atoms with E-state index in [1.807, 2.05) is 36.5 Å². The number of benzene rings is 2. The summed E-state index contributed by atoms with van der Waals surface area (Å²) in [6.07, 6.45) is 3.58. The van der Waals surface area contributed by atoms with Crippen molar-refractivity contribution in [1.29, 1.82) is 0 Å². The average molecular weight is 331 g/mol.